The molecule has 0 aliphatic carbocycles. The molecule has 1 aromatic rings. The average Bonchev–Trinajstić information content (AvgIpc) is 2.90. The van der Waals surface area contributed by atoms with Crippen LogP contribution < -0.4 is 11.1 Å². The number of benzene rings is 1. The summed E-state index contributed by atoms with van der Waals surface area (Å²) in [6.07, 6.45) is 1.80. The van der Waals surface area contributed by atoms with Crippen LogP contribution in [-0.2, 0) is 9.53 Å². The number of rotatable bonds is 5. The van der Waals surface area contributed by atoms with Gasteiger partial charge in [-0.1, -0.05) is 31.0 Å². The van der Waals surface area contributed by atoms with Crippen molar-refractivity contribution in [3.8, 4) is 0 Å². The van der Waals surface area contributed by atoms with Crippen LogP contribution in [0.4, 0.5) is 4.39 Å². The third-order valence-electron chi connectivity index (χ3n) is 3.63. The van der Waals surface area contributed by atoms with Crippen molar-refractivity contribution in [1.82, 2.24) is 5.32 Å². The number of carbonyl (C=O) groups is 1. The first kappa shape index (κ1) is 19.2. The van der Waals surface area contributed by atoms with Gasteiger partial charge in [0, 0.05) is 6.61 Å². The summed E-state index contributed by atoms with van der Waals surface area (Å²) in [5.74, 6) is -0.677. The second-order valence-corrected chi connectivity index (χ2v) is 5.67. The quantitative estimate of drug-likeness (QED) is 0.857. The van der Waals surface area contributed by atoms with E-state index in [1.165, 1.54) is 12.1 Å². The molecule has 1 aliphatic heterocycles. The van der Waals surface area contributed by atoms with Gasteiger partial charge in [-0.15, -0.1) is 12.4 Å². The van der Waals surface area contributed by atoms with E-state index >= 15 is 0 Å². The van der Waals surface area contributed by atoms with Gasteiger partial charge in [-0.25, -0.2) is 4.39 Å². The summed E-state index contributed by atoms with van der Waals surface area (Å²) < 4.78 is 19.2. The zero-order chi connectivity index (χ0) is 15.4. The third kappa shape index (κ3) is 4.56. The van der Waals surface area contributed by atoms with Crippen molar-refractivity contribution in [2.75, 3.05) is 6.61 Å². The molecule has 1 saturated heterocycles. The molecule has 3 unspecified atom stereocenters. The highest BCUT2D eigenvalue weighted by molar-refractivity contribution is 6.30. The predicted molar refractivity (Wildman–Crippen MR) is 86.8 cm³/mol. The summed E-state index contributed by atoms with van der Waals surface area (Å²) in [5, 5.41) is 2.97. The zero-order valence-corrected chi connectivity index (χ0v) is 13.9. The molecular formula is C15H21Cl2FN2O2. The Morgan fingerprint density at radius 1 is 1.59 bits per heavy atom. The Labute approximate surface area is 140 Å². The molecule has 22 heavy (non-hydrogen) atoms. The van der Waals surface area contributed by atoms with Gasteiger partial charge in [0.25, 0.3) is 0 Å². The SMILES string of the molecule is CCCC(N)C(=O)NC1CCOC1c1ccc(Cl)c(F)c1.Cl. The molecule has 0 aromatic heterocycles. The standard InChI is InChI=1S/C15H20ClFN2O2.ClH/c1-2-3-12(18)15(20)19-13-6-7-21-14(13)9-4-5-10(16)11(17)8-9;/h4-5,8,12-14H,2-3,6-7,18H2,1H3,(H,19,20);1H. The Kier molecular flexibility index (Phi) is 7.56. The van der Waals surface area contributed by atoms with Crippen molar-refractivity contribution in [2.45, 2.75) is 44.4 Å². The van der Waals surface area contributed by atoms with Crippen molar-refractivity contribution in [3.63, 3.8) is 0 Å². The van der Waals surface area contributed by atoms with Crippen LogP contribution in [0.2, 0.25) is 5.02 Å². The molecule has 1 fully saturated rings. The number of nitrogens with one attached hydrogen (secondary N) is 1. The third-order valence-corrected chi connectivity index (χ3v) is 3.93. The van der Waals surface area contributed by atoms with Crippen molar-refractivity contribution >= 4 is 29.9 Å². The van der Waals surface area contributed by atoms with Crippen LogP contribution in [0.1, 0.15) is 37.9 Å². The average molecular weight is 351 g/mol. The molecule has 124 valence electrons. The van der Waals surface area contributed by atoms with E-state index in [-0.39, 0.29) is 35.5 Å². The van der Waals surface area contributed by atoms with E-state index in [0.717, 1.165) is 6.42 Å². The van der Waals surface area contributed by atoms with Gasteiger partial charge in [-0.3, -0.25) is 4.79 Å². The molecule has 1 amide bonds. The Hall–Kier alpha value is -0.880. The Morgan fingerprint density at radius 3 is 2.95 bits per heavy atom. The van der Waals surface area contributed by atoms with Crippen LogP contribution in [0.5, 0.6) is 0 Å². The lowest BCUT2D eigenvalue weighted by atomic mass is 10.0. The van der Waals surface area contributed by atoms with Gasteiger partial charge < -0.3 is 15.8 Å². The smallest absolute Gasteiger partial charge is 0.237 e. The number of hydrogen-bond acceptors (Lipinski definition) is 3. The van der Waals surface area contributed by atoms with E-state index in [1.807, 2.05) is 6.92 Å². The van der Waals surface area contributed by atoms with E-state index < -0.39 is 11.9 Å². The number of nitrogens with two attached hydrogens (primary N) is 1. The normalized spacial score (nSPS) is 22.0. The van der Waals surface area contributed by atoms with Crippen LogP contribution in [-0.4, -0.2) is 24.6 Å². The maximum atomic E-state index is 13.6. The highest BCUT2D eigenvalue weighted by atomic mass is 35.5. The summed E-state index contributed by atoms with van der Waals surface area (Å²) in [6.45, 7) is 2.49. The zero-order valence-electron chi connectivity index (χ0n) is 12.4. The first-order valence-corrected chi connectivity index (χ1v) is 7.53. The van der Waals surface area contributed by atoms with Crippen LogP contribution in [0.3, 0.4) is 0 Å². The second-order valence-electron chi connectivity index (χ2n) is 5.26. The summed E-state index contributed by atoms with van der Waals surface area (Å²) in [6, 6.07) is 3.85. The number of halogens is 3. The summed E-state index contributed by atoms with van der Waals surface area (Å²) >= 11 is 5.68. The monoisotopic (exact) mass is 350 g/mol. The molecule has 4 nitrogen and oxygen atoms in total. The van der Waals surface area contributed by atoms with E-state index in [0.29, 0.717) is 25.0 Å². The molecule has 0 spiro atoms. The van der Waals surface area contributed by atoms with E-state index in [1.54, 1.807) is 6.07 Å². The minimum absolute atomic E-state index is 0. The molecule has 0 radical (unpaired) electrons. The van der Waals surface area contributed by atoms with Crippen LogP contribution >= 0.6 is 24.0 Å². The van der Waals surface area contributed by atoms with Crippen molar-refractivity contribution in [3.05, 3.63) is 34.6 Å². The summed E-state index contributed by atoms with van der Waals surface area (Å²) in [4.78, 5) is 12.0. The molecule has 3 N–H and O–H groups in total. The second kappa shape index (κ2) is 8.67. The van der Waals surface area contributed by atoms with Gasteiger partial charge in [-0.05, 0) is 30.5 Å². The van der Waals surface area contributed by atoms with Crippen molar-refractivity contribution in [2.24, 2.45) is 5.73 Å². The molecule has 2 rings (SSSR count). The molecule has 1 aromatic carbocycles. The lowest BCUT2D eigenvalue weighted by molar-refractivity contribution is -0.123. The van der Waals surface area contributed by atoms with Gasteiger partial charge in [0.2, 0.25) is 5.91 Å². The topological polar surface area (TPSA) is 64.4 Å². The summed E-state index contributed by atoms with van der Waals surface area (Å²) in [5.41, 5.74) is 6.47. The molecule has 1 heterocycles. The molecule has 7 heteroatoms. The largest absolute Gasteiger partial charge is 0.371 e. The molecule has 1 aliphatic rings. The molecule has 0 bridgehead atoms. The van der Waals surface area contributed by atoms with E-state index in [4.69, 9.17) is 22.1 Å². The minimum atomic E-state index is -0.516. The minimum Gasteiger partial charge on any atom is -0.371 e. The van der Waals surface area contributed by atoms with Crippen molar-refractivity contribution in [1.29, 1.82) is 0 Å². The highest BCUT2D eigenvalue weighted by Crippen LogP contribution is 2.31. The van der Waals surface area contributed by atoms with Crippen molar-refractivity contribution < 1.29 is 13.9 Å². The first-order valence-electron chi connectivity index (χ1n) is 7.15. The highest BCUT2D eigenvalue weighted by Gasteiger charge is 2.32. The summed E-state index contributed by atoms with van der Waals surface area (Å²) in [7, 11) is 0. The van der Waals surface area contributed by atoms with E-state index in [9.17, 15) is 9.18 Å². The lowest BCUT2D eigenvalue weighted by Crippen LogP contribution is -2.46. The Balaban J connectivity index is 0.00000242. The predicted octanol–water partition coefficient (Wildman–Crippen LogP) is 2.97. The number of ether oxygens (including phenoxy) is 1. The van der Waals surface area contributed by atoms with Gasteiger partial charge >= 0.3 is 0 Å². The first-order chi connectivity index (χ1) is 10.0. The number of hydrogen-bond donors (Lipinski definition) is 2. The fourth-order valence-corrected chi connectivity index (χ4v) is 2.60. The Bertz CT molecular complexity index is 516. The fourth-order valence-electron chi connectivity index (χ4n) is 2.49. The van der Waals surface area contributed by atoms with Crippen LogP contribution in [0, 0.1) is 5.82 Å². The molecule has 0 saturated carbocycles. The lowest BCUT2D eigenvalue weighted by Gasteiger charge is -2.22. The molecular weight excluding hydrogens is 330 g/mol. The van der Waals surface area contributed by atoms with Gasteiger partial charge in [0.05, 0.1) is 17.1 Å². The number of amides is 1. The van der Waals surface area contributed by atoms with Crippen LogP contribution in [0.15, 0.2) is 18.2 Å². The maximum Gasteiger partial charge on any atom is 0.237 e. The number of carbonyl (C=O) groups excluding carboxylic acids is 1. The van der Waals surface area contributed by atoms with Gasteiger partial charge in [-0.2, -0.15) is 0 Å². The van der Waals surface area contributed by atoms with E-state index in [2.05, 4.69) is 5.32 Å². The fraction of sp³-hybridized carbons (Fsp3) is 0.533. The van der Waals surface area contributed by atoms with Crippen LogP contribution in [0.25, 0.3) is 0 Å². The Morgan fingerprint density at radius 2 is 2.32 bits per heavy atom. The maximum absolute atomic E-state index is 13.6. The molecule has 3 atom stereocenters. The van der Waals surface area contributed by atoms with Gasteiger partial charge in [0.1, 0.15) is 11.9 Å². The van der Waals surface area contributed by atoms with Gasteiger partial charge in [0.15, 0.2) is 0 Å².